The molecule has 5 nitrogen and oxygen atoms in total. The Morgan fingerprint density at radius 3 is 2.94 bits per heavy atom. The molecule has 17 heavy (non-hydrogen) atoms. The van der Waals surface area contributed by atoms with Crippen molar-refractivity contribution in [2.45, 2.75) is 6.10 Å². The van der Waals surface area contributed by atoms with Crippen LogP contribution >= 0.6 is 11.3 Å². The number of aliphatic hydroxyl groups excluding tert-OH is 1. The highest BCUT2D eigenvalue weighted by Gasteiger charge is 2.21. The molecule has 1 aromatic rings. The van der Waals surface area contributed by atoms with E-state index in [4.69, 9.17) is 24.1 Å². The molecule has 0 bridgehead atoms. The summed E-state index contributed by atoms with van der Waals surface area (Å²) in [7, 11) is 0. The summed E-state index contributed by atoms with van der Waals surface area (Å²) in [6, 6.07) is 0. The third-order valence-electron chi connectivity index (χ3n) is 2.22. The van der Waals surface area contributed by atoms with Crippen LogP contribution in [-0.4, -0.2) is 50.9 Å². The molecule has 0 fully saturated rings. The molecule has 0 aliphatic carbocycles. The maximum absolute atomic E-state index is 8.50. The van der Waals surface area contributed by atoms with Crippen molar-refractivity contribution in [1.82, 2.24) is 0 Å². The number of thiophene rings is 1. The molecule has 6 heteroatoms. The minimum atomic E-state index is -0.0602. The lowest BCUT2D eigenvalue weighted by Gasteiger charge is -2.24. The predicted molar refractivity (Wildman–Crippen MR) is 63.0 cm³/mol. The molecule has 96 valence electrons. The van der Waals surface area contributed by atoms with Crippen LogP contribution in [0.2, 0.25) is 0 Å². The summed E-state index contributed by atoms with van der Waals surface area (Å²) in [5.74, 6) is 1.61. The normalized spacial score (nSPS) is 18.3. The van der Waals surface area contributed by atoms with Crippen molar-refractivity contribution in [3.8, 4) is 11.5 Å². The molecule has 0 saturated carbocycles. The molecule has 2 heterocycles. The van der Waals surface area contributed by atoms with E-state index in [2.05, 4.69) is 0 Å². The Morgan fingerprint density at radius 2 is 2.06 bits per heavy atom. The van der Waals surface area contributed by atoms with E-state index < -0.39 is 0 Å². The van der Waals surface area contributed by atoms with Crippen molar-refractivity contribution in [3.63, 3.8) is 0 Å². The van der Waals surface area contributed by atoms with E-state index >= 15 is 0 Å². The number of fused-ring (bicyclic) bond motifs is 1. The van der Waals surface area contributed by atoms with Gasteiger partial charge in [0.25, 0.3) is 0 Å². The minimum absolute atomic E-state index is 0.0422. The fourth-order valence-corrected chi connectivity index (χ4v) is 2.11. The summed E-state index contributed by atoms with van der Waals surface area (Å²) in [4.78, 5) is 0. The van der Waals surface area contributed by atoms with Crippen LogP contribution in [0.4, 0.5) is 0 Å². The van der Waals surface area contributed by atoms with Crippen LogP contribution in [0.25, 0.3) is 0 Å². The van der Waals surface area contributed by atoms with Gasteiger partial charge in [0, 0.05) is 10.8 Å². The third-order valence-corrected chi connectivity index (χ3v) is 2.92. The van der Waals surface area contributed by atoms with Crippen molar-refractivity contribution in [3.05, 3.63) is 10.8 Å². The van der Waals surface area contributed by atoms with Crippen LogP contribution in [-0.2, 0) is 9.47 Å². The van der Waals surface area contributed by atoms with Crippen molar-refractivity contribution in [2.24, 2.45) is 0 Å². The van der Waals surface area contributed by atoms with Gasteiger partial charge in [-0.1, -0.05) is 0 Å². The van der Waals surface area contributed by atoms with Gasteiger partial charge in [-0.3, -0.25) is 0 Å². The van der Waals surface area contributed by atoms with E-state index in [-0.39, 0.29) is 12.7 Å². The van der Waals surface area contributed by atoms with Crippen molar-refractivity contribution in [1.29, 1.82) is 0 Å². The Labute approximate surface area is 104 Å². The summed E-state index contributed by atoms with van der Waals surface area (Å²) in [6.45, 7) is 2.37. The van der Waals surface area contributed by atoms with E-state index in [0.717, 1.165) is 11.5 Å². The van der Waals surface area contributed by atoms with Gasteiger partial charge in [0.1, 0.15) is 6.61 Å². The number of hydrogen-bond donors (Lipinski definition) is 1. The van der Waals surface area contributed by atoms with Gasteiger partial charge in [-0.2, -0.15) is 0 Å². The molecule has 0 amide bonds. The first-order valence-electron chi connectivity index (χ1n) is 5.52. The zero-order valence-corrected chi connectivity index (χ0v) is 10.3. The average molecular weight is 260 g/mol. The molecule has 1 aliphatic rings. The number of ether oxygens (including phenoxy) is 4. The molecule has 0 aromatic carbocycles. The molecule has 1 N–H and O–H groups in total. The lowest BCUT2D eigenvalue weighted by molar-refractivity contribution is -0.0155. The second kappa shape index (κ2) is 6.80. The molecule has 0 radical (unpaired) electrons. The molecule has 0 spiro atoms. The molecule has 0 saturated heterocycles. The summed E-state index contributed by atoms with van der Waals surface area (Å²) in [5.41, 5.74) is 0. The Hall–Kier alpha value is -0.820. The molecule has 1 atom stereocenters. The highest BCUT2D eigenvalue weighted by atomic mass is 32.1. The molecular formula is C11H16O5S. The van der Waals surface area contributed by atoms with Gasteiger partial charge in [0.15, 0.2) is 17.6 Å². The maximum Gasteiger partial charge on any atom is 0.172 e. The Balaban J connectivity index is 1.59. The average Bonchev–Trinajstić information content (AvgIpc) is 2.81. The van der Waals surface area contributed by atoms with Crippen molar-refractivity contribution < 1.29 is 24.1 Å². The molecule has 1 unspecified atom stereocenters. The Bertz CT molecular complexity index is 327. The summed E-state index contributed by atoms with van der Waals surface area (Å²) < 4.78 is 21.7. The SMILES string of the molecule is OCCOCCOCC1COc2cscc2O1. The molecular weight excluding hydrogens is 244 g/mol. The van der Waals surface area contributed by atoms with Gasteiger partial charge in [0.2, 0.25) is 0 Å². The number of hydrogen-bond acceptors (Lipinski definition) is 6. The largest absolute Gasteiger partial charge is 0.485 e. The van der Waals surface area contributed by atoms with Gasteiger partial charge in [0.05, 0.1) is 33.0 Å². The number of rotatable bonds is 7. The summed E-state index contributed by atoms with van der Waals surface area (Å²) >= 11 is 1.56. The van der Waals surface area contributed by atoms with Gasteiger partial charge in [-0.05, 0) is 0 Å². The fraction of sp³-hybridized carbons (Fsp3) is 0.636. The predicted octanol–water partition coefficient (Wildman–Crippen LogP) is 0.913. The monoisotopic (exact) mass is 260 g/mol. The zero-order chi connectivity index (χ0) is 11.9. The van der Waals surface area contributed by atoms with Crippen LogP contribution in [0, 0.1) is 0 Å². The van der Waals surface area contributed by atoms with E-state index in [1.165, 1.54) is 0 Å². The standard InChI is InChI=1S/C11H16O5S/c12-1-2-13-3-4-14-5-9-6-15-10-7-17-8-11(10)16-9/h7-9,12H,1-6H2. The van der Waals surface area contributed by atoms with Gasteiger partial charge >= 0.3 is 0 Å². The smallest absolute Gasteiger partial charge is 0.172 e. The van der Waals surface area contributed by atoms with Crippen LogP contribution in [0.3, 0.4) is 0 Å². The lowest BCUT2D eigenvalue weighted by atomic mass is 10.3. The molecule has 2 rings (SSSR count). The fourth-order valence-electron chi connectivity index (χ4n) is 1.44. The highest BCUT2D eigenvalue weighted by molar-refractivity contribution is 7.08. The van der Waals surface area contributed by atoms with E-state index in [0.29, 0.717) is 33.0 Å². The van der Waals surface area contributed by atoms with Gasteiger partial charge in [-0.15, -0.1) is 11.3 Å². The lowest BCUT2D eigenvalue weighted by Crippen LogP contribution is -2.33. The quantitative estimate of drug-likeness (QED) is 0.739. The van der Waals surface area contributed by atoms with Crippen LogP contribution in [0.5, 0.6) is 11.5 Å². The summed E-state index contributed by atoms with van der Waals surface area (Å²) in [6.07, 6.45) is -0.0602. The number of aliphatic hydroxyl groups is 1. The van der Waals surface area contributed by atoms with Gasteiger partial charge < -0.3 is 24.1 Å². The van der Waals surface area contributed by atoms with Crippen molar-refractivity contribution >= 4 is 11.3 Å². The molecule has 1 aliphatic heterocycles. The highest BCUT2D eigenvalue weighted by Crippen LogP contribution is 2.35. The van der Waals surface area contributed by atoms with Crippen LogP contribution in [0.15, 0.2) is 10.8 Å². The first kappa shape index (κ1) is 12.6. The Morgan fingerprint density at radius 1 is 1.24 bits per heavy atom. The van der Waals surface area contributed by atoms with E-state index in [1.807, 2.05) is 10.8 Å². The maximum atomic E-state index is 8.50. The van der Waals surface area contributed by atoms with Crippen molar-refractivity contribution in [2.75, 3.05) is 39.6 Å². The Kier molecular flexibility index (Phi) is 5.06. The molecule has 1 aromatic heterocycles. The third kappa shape index (κ3) is 3.85. The second-order valence-corrected chi connectivity index (χ2v) is 4.31. The first-order valence-corrected chi connectivity index (χ1v) is 6.46. The minimum Gasteiger partial charge on any atom is -0.485 e. The van der Waals surface area contributed by atoms with Crippen LogP contribution in [0.1, 0.15) is 0 Å². The zero-order valence-electron chi connectivity index (χ0n) is 9.46. The van der Waals surface area contributed by atoms with Gasteiger partial charge in [-0.25, -0.2) is 0 Å². The first-order chi connectivity index (χ1) is 8.40. The van der Waals surface area contributed by atoms with Crippen LogP contribution < -0.4 is 9.47 Å². The van der Waals surface area contributed by atoms with E-state index in [9.17, 15) is 0 Å². The summed E-state index contributed by atoms with van der Waals surface area (Å²) in [5, 5.41) is 12.3. The second-order valence-electron chi connectivity index (χ2n) is 3.56. The van der Waals surface area contributed by atoms with E-state index in [1.54, 1.807) is 11.3 Å². The topological polar surface area (TPSA) is 57.2 Å².